The summed E-state index contributed by atoms with van der Waals surface area (Å²) in [6, 6.07) is 4.23. The molecule has 0 radical (unpaired) electrons. The minimum atomic E-state index is -0.384. The Bertz CT molecular complexity index is 589. The third-order valence-corrected chi connectivity index (χ3v) is 4.10. The summed E-state index contributed by atoms with van der Waals surface area (Å²) in [7, 11) is 0. The van der Waals surface area contributed by atoms with Gasteiger partial charge in [0.15, 0.2) is 5.78 Å². The summed E-state index contributed by atoms with van der Waals surface area (Å²) in [5.41, 5.74) is 1.87. The number of aliphatic imine (C=N–C) groups is 1. The van der Waals surface area contributed by atoms with Gasteiger partial charge < -0.3 is 0 Å². The summed E-state index contributed by atoms with van der Waals surface area (Å²) in [5, 5.41) is 0. The molecule has 2 nitrogen and oxygen atoms in total. The average molecular weight is 301 g/mol. The van der Waals surface area contributed by atoms with E-state index in [0.717, 1.165) is 12.1 Å². The molecule has 0 aliphatic carbocycles. The van der Waals surface area contributed by atoms with Gasteiger partial charge in [-0.1, -0.05) is 38.3 Å². The molecule has 1 aliphatic rings. The highest BCUT2D eigenvalue weighted by Gasteiger charge is 2.27. The lowest BCUT2D eigenvalue weighted by molar-refractivity contribution is 0.0959. The van der Waals surface area contributed by atoms with Gasteiger partial charge in [-0.3, -0.25) is 9.79 Å². The van der Waals surface area contributed by atoms with Crippen LogP contribution in [0.25, 0.3) is 0 Å². The predicted molar refractivity (Wildman–Crippen MR) is 89.5 cm³/mol. The Hall–Kier alpha value is -1.77. The fourth-order valence-corrected chi connectivity index (χ4v) is 2.67. The van der Waals surface area contributed by atoms with Gasteiger partial charge in [-0.15, -0.1) is 0 Å². The first-order valence-electron chi connectivity index (χ1n) is 8.19. The Morgan fingerprint density at radius 1 is 1.23 bits per heavy atom. The third-order valence-electron chi connectivity index (χ3n) is 4.10. The molecule has 0 saturated heterocycles. The van der Waals surface area contributed by atoms with Crippen LogP contribution in [0.4, 0.5) is 10.1 Å². The van der Waals surface area contributed by atoms with Crippen molar-refractivity contribution in [3.63, 3.8) is 0 Å². The van der Waals surface area contributed by atoms with Gasteiger partial charge in [0.25, 0.3) is 0 Å². The lowest BCUT2D eigenvalue weighted by atomic mass is 9.89. The number of Topliss-reactive ketones (excluding diaryl/α,β-unsaturated/α-hetero) is 1. The molecule has 1 heterocycles. The maximum absolute atomic E-state index is 13.3. The number of nitrogens with zero attached hydrogens (tertiary/aromatic N) is 1. The first kappa shape index (κ1) is 16.6. The number of carbonyl (C=O) groups is 1. The Balaban J connectivity index is 1.98. The van der Waals surface area contributed by atoms with Crippen LogP contribution in [0.5, 0.6) is 0 Å². The van der Waals surface area contributed by atoms with Crippen molar-refractivity contribution in [2.24, 2.45) is 10.9 Å². The molecular formula is C19H24FNO. The summed E-state index contributed by atoms with van der Waals surface area (Å²) in [5.74, 6) is -0.681. The van der Waals surface area contributed by atoms with Crippen molar-refractivity contribution in [2.45, 2.75) is 52.4 Å². The minimum Gasteiger partial charge on any atom is -0.293 e. The number of halogens is 1. The highest BCUT2D eigenvalue weighted by Crippen LogP contribution is 2.30. The summed E-state index contributed by atoms with van der Waals surface area (Å²) >= 11 is 0. The van der Waals surface area contributed by atoms with Crippen LogP contribution in [-0.2, 0) is 0 Å². The smallest absolute Gasteiger partial charge is 0.173 e. The predicted octanol–water partition coefficient (Wildman–Crippen LogP) is 5.65. The highest BCUT2D eigenvalue weighted by molar-refractivity contribution is 6.18. The molecule has 0 N–H and O–H groups in total. The van der Waals surface area contributed by atoms with Crippen LogP contribution in [0.2, 0.25) is 0 Å². The van der Waals surface area contributed by atoms with Crippen molar-refractivity contribution in [3.8, 4) is 0 Å². The molecule has 2 rings (SSSR count). The Morgan fingerprint density at radius 2 is 2.05 bits per heavy atom. The second-order valence-electron chi connectivity index (χ2n) is 5.88. The molecule has 0 bridgehead atoms. The number of hydrogen-bond acceptors (Lipinski definition) is 2. The van der Waals surface area contributed by atoms with E-state index in [1.165, 1.54) is 37.8 Å². The van der Waals surface area contributed by atoms with Crippen molar-refractivity contribution < 1.29 is 9.18 Å². The van der Waals surface area contributed by atoms with E-state index in [0.29, 0.717) is 17.7 Å². The first-order chi connectivity index (χ1) is 10.6. The number of carbonyl (C=O) groups excluding carboxylic acids is 1. The Morgan fingerprint density at radius 3 is 2.82 bits per heavy atom. The molecule has 0 aromatic heterocycles. The van der Waals surface area contributed by atoms with Crippen molar-refractivity contribution >= 4 is 17.2 Å². The van der Waals surface area contributed by atoms with Crippen LogP contribution in [0.3, 0.4) is 0 Å². The molecule has 1 aromatic rings. The van der Waals surface area contributed by atoms with Gasteiger partial charge in [-0.25, -0.2) is 4.39 Å². The normalized spacial score (nSPS) is 17.7. The maximum atomic E-state index is 13.3. The molecule has 118 valence electrons. The zero-order valence-electron chi connectivity index (χ0n) is 13.4. The molecule has 1 atom stereocenters. The van der Waals surface area contributed by atoms with Crippen LogP contribution >= 0.6 is 0 Å². The van der Waals surface area contributed by atoms with Gasteiger partial charge in [-0.05, 0) is 38.0 Å². The van der Waals surface area contributed by atoms with Gasteiger partial charge in [0.2, 0.25) is 0 Å². The van der Waals surface area contributed by atoms with E-state index in [4.69, 9.17) is 0 Å². The molecule has 22 heavy (non-hydrogen) atoms. The molecular weight excluding hydrogens is 277 g/mol. The molecule has 0 saturated carbocycles. The molecule has 0 spiro atoms. The highest BCUT2D eigenvalue weighted by atomic mass is 19.1. The van der Waals surface area contributed by atoms with Gasteiger partial charge >= 0.3 is 0 Å². The van der Waals surface area contributed by atoms with Gasteiger partial charge in [0.1, 0.15) is 5.82 Å². The van der Waals surface area contributed by atoms with Gasteiger partial charge in [0.05, 0.1) is 11.6 Å². The van der Waals surface area contributed by atoms with Crippen LogP contribution < -0.4 is 0 Å². The van der Waals surface area contributed by atoms with Crippen LogP contribution in [0.1, 0.15) is 62.7 Å². The second-order valence-corrected chi connectivity index (χ2v) is 5.88. The first-order valence-corrected chi connectivity index (χ1v) is 8.19. The molecule has 1 unspecified atom stereocenters. The topological polar surface area (TPSA) is 29.4 Å². The minimum absolute atomic E-state index is 0.0316. The number of hydrogen-bond donors (Lipinski definition) is 0. The maximum Gasteiger partial charge on any atom is 0.173 e. The Kier molecular flexibility index (Phi) is 6.05. The van der Waals surface area contributed by atoms with Crippen LogP contribution in [0, 0.1) is 11.7 Å². The van der Waals surface area contributed by atoms with E-state index >= 15 is 0 Å². The van der Waals surface area contributed by atoms with Crippen molar-refractivity contribution in [1.29, 1.82) is 0 Å². The van der Waals surface area contributed by atoms with Gasteiger partial charge in [0, 0.05) is 17.7 Å². The van der Waals surface area contributed by atoms with Crippen molar-refractivity contribution in [2.75, 3.05) is 0 Å². The SMILES string of the molecule is CCCCCC/C=C/CC1=Nc2ccc(F)cc2C(=O)C1C. The molecule has 0 amide bonds. The average Bonchev–Trinajstić information content (AvgIpc) is 2.51. The second kappa shape index (κ2) is 8.02. The zero-order chi connectivity index (χ0) is 15.9. The van der Waals surface area contributed by atoms with Crippen molar-refractivity contribution in [3.05, 3.63) is 41.7 Å². The lowest BCUT2D eigenvalue weighted by Crippen LogP contribution is -2.24. The summed E-state index contributed by atoms with van der Waals surface area (Å²) in [4.78, 5) is 16.9. The van der Waals surface area contributed by atoms with Crippen molar-refractivity contribution in [1.82, 2.24) is 0 Å². The van der Waals surface area contributed by atoms with Gasteiger partial charge in [-0.2, -0.15) is 0 Å². The fraction of sp³-hybridized carbons (Fsp3) is 0.474. The number of ketones is 1. The number of fused-ring (bicyclic) bond motifs is 1. The van der Waals surface area contributed by atoms with E-state index in [1.807, 2.05) is 6.92 Å². The van der Waals surface area contributed by atoms with Crippen LogP contribution in [-0.4, -0.2) is 11.5 Å². The molecule has 1 aliphatic heterocycles. The fourth-order valence-electron chi connectivity index (χ4n) is 2.67. The van der Waals surface area contributed by atoms with Crippen LogP contribution in [0.15, 0.2) is 35.3 Å². The number of rotatable bonds is 7. The number of unbranched alkanes of at least 4 members (excludes halogenated alkanes) is 4. The third kappa shape index (κ3) is 4.12. The van der Waals surface area contributed by atoms with E-state index in [-0.39, 0.29) is 17.5 Å². The quantitative estimate of drug-likeness (QED) is 0.473. The summed E-state index contributed by atoms with van der Waals surface area (Å²) in [6.45, 7) is 4.06. The zero-order valence-corrected chi connectivity index (χ0v) is 13.4. The monoisotopic (exact) mass is 301 g/mol. The molecule has 0 fully saturated rings. The van der Waals surface area contributed by atoms with E-state index in [2.05, 4.69) is 24.1 Å². The standard InChI is InChI=1S/C19H24FNO/c1-3-4-5-6-7-8-9-10-17-14(2)19(22)16-13-15(20)11-12-18(16)21-17/h8-9,11-14H,3-7,10H2,1-2H3/b9-8+. The van der Waals surface area contributed by atoms with E-state index in [1.54, 1.807) is 6.07 Å². The largest absolute Gasteiger partial charge is 0.293 e. The van der Waals surface area contributed by atoms with E-state index in [9.17, 15) is 9.18 Å². The lowest BCUT2D eigenvalue weighted by Gasteiger charge is -2.19. The number of benzene rings is 1. The molecule has 3 heteroatoms. The summed E-state index contributed by atoms with van der Waals surface area (Å²) < 4.78 is 13.3. The number of allylic oxidation sites excluding steroid dienone is 2. The molecule has 1 aromatic carbocycles. The van der Waals surface area contributed by atoms with E-state index < -0.39 is 0 Å². The summed E-state index contributed by atoms with van der Waals surface area (Å²) in [6.07, 6.45) is 11.1. The Labute approximate surface area is 132 Å².